The Balaban J connectivity index is 1.52. The van der Waals surface area contributed by atoms with Gasteiger partial charge < -0.3 is 9.64 Å². The zero-order chi connectivity index (χ0) is 17.8. The second kappa shape index (κ2) is 8.17. The summed E-state index contributed by atoms with van der Waals surface area (Å²) < 4.78 is 6.14. The first-order chi connectivity index (χ1) is 12.8. The smallest absolute Gasteiger partial charge is 0.226 e. The Morgan fingerprint density at radius 3 is 2.58 bits per heavy atom. The first kappa shape index (κ1) is 17.5. The standard InChI is InChI=1S/C22H25NO2S/c24-21(18-10-4-5-11-18)23-14-15-26-22(23)19-12-6-7-13-20(19)25-16-17-8-2-1-3-9-17/h1-3,6-9,12-13,18,22H,4-5,10-11,14-16H2. The molecule has 0 N–H and O–H groups in total. The number of nitrogens with zero attached hydrogens (tertiary/aromatic N) is 1. The van der Waals surface area contributed by atoms with Crippen molar-refractivity contribution < 1.29 is 9.53 Å². The Labute approximate surface area is 159 Å². The molecule has 1 amide bonds. The minimum absolute atomic E-state index is 0.0788. The topological polar surface area (TPSA) is 29.5 Å². The molecule has 0 bridgehead atoms. The molecule has 1 aliphatic heterocycles. The van der Waals surface area contributed by atoms with E-state index in [1.807, 2.05) is 48.2 Å². The third-order valence-electron chi connectivity index (χ3n) is 5.30. The van der Waals surface area contributed by atoms with Crippen LogP contribution in [0.1, 0.15) is 42.2 Å². The molecule has 0 aromatic heterocycles. The quantitative estimate of drug-likeness (QED) is 0.742. The van der Waals surface area contributed by atoms with Crippen molar-refractivity contribution in [3.8, 4) is 5.75 Å². The van der Waals surface area contributed by atoms with Crippen LogP contribution in [0.4, 0.5) is 0 Å². The molecule has 136 valence electrons. The van der Waals surface area contributed by atoms with E-state index in [2.05, 4.69) is 23.1 Å². The van der Waals surface area contributed by atoms with Crippen molar-refractivity contribution in [3.05, 3.63) is 65.7 Å². The number of hydrogen-bond acceptors (Lipinski definition) is 3. The summed E-state index contributed by atoms with van der Waals surface area (Å²) in [7, 11) is 0. The molecule has 1 aliphatic carbocycles. The van der Waals surface area contributed by atoms with Gasteiger partial charge in [-0.1, -0.05) is 61.4 Å². The van der Waals surface area contributed by atoms with E-state index in [1.54, 1.807) is 0 Å². The molecule has 2 fully saturated rings. The van der Waals surface area contributed by atoms with Gasteiger partial charge in [-0.25, -0.2) is 0 Å². The molecule has 0 radical (unpaired) electrons. The lowest BCUT2D eigenvalue weighted by molar-refractivity contribution is -0.135. The molecule has 1 unspecified atom stereocenters. The number of para-hydroxylation sites is 1. The van der Waals surface area contributed by atoms with Gasteiger partial charge in [0.2, 0.25) is 5.91 Å². The Morgan fingerprint density at radius 1 is 1.04 bits per heavy atom. The third kappa shape index (κ3) is 3.75. The average Bonchev–Trinajstić information content (AvgIpc) is 3.39. The van der Waals surface area contributed by atoms with Crippen molar-refractivity contribution in [1.82, 2.24) is 4.90 Å². The highest BCUT2D eigenvalue weighted by atomic mass is 32.2. The summed E-state index contributed by atoms with van der Waals surface area (Å²) >= 11 is 1.85. The third-order valence-corrected chi connectivity index (χ3v) is 6.54. The molecule has 2 aromatic rings. The van der Waals surface area contributed by atoms with Crippen molar-refractivity contribution in [2.75, 3.05) is 12.3 Å². The second-order valence-electron chi connectivity index (χ2n) is 7.05. The van der Waals surface area contributed by atoms with Gasteiger partial charge in [0, 0.05) is 23.8 Å². The van der Waals surface area contributed by atoms with Gasteiger partial charge in [0.05, 0.1) is 0 Å². The highest BCUT2D eigenvalue weighted by Crippen LogP contribution is 2.43. The van der Waals surface area contributed by atoms with E-state index >= 15 is 0 Å². The first-order valence-electron chi connectivity index (χ1n) is 9.50. The lowest BCUT2D eigenvalue weighted by Crippen LogP contribution is -2.34. The van der Waals surface area contributed by atoms with Gasteiger partial charge >= 0.3 is 0 Å². The summed E-state index contributed by atoms with van der Waals surface area (Å²) in [5.74, 6) is 2.46. The summed E-state index contributed by atoms with van der Waals surface area (Å²) in [4.78, 5) is 15.1. The van der Waals surface area contributed by atoms with E-state index in [1.165, 1.54) is 12.8 Å². The summed E-state index contributed by atoms with van der Waals surface area (Å²) in [6.45, 7) is 1.39. The largest absolute Gasteiger partial charge is 0.489 e. The lowest BCUT2D eigenvalue weighted by Gasteiger charge is -2.28. The van der Waals surface area contributed by atoms with Crippen LogP contribution in [0, 0.1) is 5.92 Å². The van der Waals surface area contributed by atoms with E-state index in [-0.39, 0.29) is 11.3 Å². The van der Waals surface area contributed by atoms with E-state index in [0.29, 0.717) is 12.5 Å². The maximum Gasteiger partial charge on any atom is 0.226 e. The van der Waals surface area contributed by atoms with Gasteiger partial charge in [0.1, 0.15) is 17.7 Å². The van der Waals surface area contributed by atoms with Crippen LogP contribution in [-0.2, 0) is 11.4 Å². The number of carbonyl (C=O) groups excluding carboxylic acids is 1. The Morgan fingerprint density at radius 2 is 1.77 bits per heavy atom. The van der Waals surface area contributed by atoms with Crippen LogP contribution < -0.4 is 4.74 Å². The number of carbonyl (C=O) groups is 1. The summed E-state index contributed by atoms with van der Waals surface area (Å²) in [6, 6.07) is 18.4. The fourth-order valence-corrected chi connectivity index (χ4v) is 5.20. The zero-order valence-corrected chi connectivity index (χ0v) is 15.8. The van der Waals surface area contributed by atoms with Crippen molar-refractivity contribution in [2.45, 2.75) is 37.7 Å². The molecule has 1 saturated carbocycles. The second-order valence-corrected chi connectivity index (χ2v) is 8.24. The van der Waals surface area contributed by atoms with Gasteiger partial charge in [-0.2, -0.15) is 0 Å². The number of benzene rings is 2. The molecule has 3 nitrogen and oxygen atoms in total. The van der Waals surface area contributed by atoms with E-state index in [0.717, 1.165) is 42.0 Å². The number of thioether (sulfide) groups is 1. The van der Waals surface area contributed by atoms with Gasteiger partial charge in [0.15, 0.2) is 0 Å². The van der Waals surface area contributed by atoms with Gasteiger partial charge in [-0.15, -0.1) is 11.8 Å². The van der Waals surface area contributed by atoms with Gasteiger partial charge in [0.25, 0.3) is 0 Å². The maximum atomic E-state index is 13.0. The van der Waals surface area contributed by atoms with Crippen molar-refractivity contribution in [2.24, 2.45) is 5.92 Å². The maximum absolute atomic E-state index is 13.0. The minimum atomic E-state index is 0.0788. The molecule has 2 aromatic carbocycles. The number of amides is 1. The van der Waals surface area contributed by atoms with E-state index < -0.39 is 0 Å². The van der Waals surface area contributed by atoms with Crippen LogP contribution in [0.25, 0.3) is 0 Å². The molecule has 26 heavy (non-hydrogen) atoms. The minimum Gasteiger partial charge on any atom is -0.489 e. The number of rotatable bonds is 5. The zero-order valence-electron chi connectivity index (χ0n) is 15.0. The van der Waals surface area contributed by atoms with Crippen LogP contribution >= 0.6 is 11.8 Å². The number of hydrogen-bond donors (Lipinski definition) is 0. The fraction of sp³-hybridized carbons (Fsp3) is 0.409. The van der Waals surface area contributed by atoms with Crippen molar-refractivity contribution >= 4 is 17.7 Å². The monoisotopic (exact) mass is 367 g/mol. The van der Waals surface area contributed by atoms with Gasteiger partial charge in [-0.05, 0) is 24.5 Å². The highest BCUT2D eigenvalue weighted by Gasteiger charge is 2.36. The molecular formula is C22H25NO2S. The van der Waals surface area contributed by atoms with Crippen molar-refractivity contribution in [1.29, 1.82) is 0 Å². The van der Waals surface area contributed by atoms with E-state index in [4.69, 9.17) is 4.74 Å². The predicted molar refractivity (Wildman–Crippen MR) is 106 cm³/mol. The van der Waals surface area contributed by atoms with Gasteiger partial charge in [-0.3, -0.25) is 4.79 Å². The van der Waals surface area contributed by atoms with E-state index in [9.17, 15) is 4.79 Å². The van der Waals surface area contributed by atoms with Crippen LogP contribution in [0.5, 0.6) is 5.75 Å². The predicted octanol–water partition coefficient (Wildman–Crippen LogP) is 5.03. The summed E-state index contributed by atoms with van der Waals surface area (Å²) in [5.41, 5.74) is 2.28. The fourth-order valence-electron chi connectivity index (χ4n) is 3.91. The molecule has 4 rings (SSSR count). The average molecular weight is 368 g/mol. The van der Waals surface area contributed by atoms with Crippen LogP contribution in [0.3, 0.4) is 0 Å². The van der Waals surface area contributed by atoms with Crippen LogP contribution in [-0.4, -0.2) is 23.1 Å². The molecule has 1 heterocycles. The molecule has 2 aliphatic rings. The summed E-state index contributed by atoms with van der Waals surface area (Å²) in [5, 5.41) is 0.0788. The lowest BCUT2D eigenvalue weighted by atomic mass is 10.1. The Kier molecular flexibility index (Phi) is 5.49. The summed E-state index contributed by atoms with van der Waals surface area (Å²) in [6.07, 6.45) is 4.50. The highest BCUT2D eigenvalue weighted by molar-refractivity contribution is 7.99. The molecule has 1 atom stereocenters. The normalized spacial score (nSPS) is 20.5. The van der Waals surface area contributed by atoms with Crippen LogP contribution in [0.15, 0.2) is 54.6 Å². The first-order valence-corrected chi connectivity index (χ1v) is 10.6. The molecule has 1 saturated heterocycles. The SMILES string of the molecule is O=C(C1CCCC1)N1CCSC1c1ccccc1OCc1ccccc1. The molecule has 4 heteroatoms. The van der Waals surface area contributed by atoms with Crippen molar-refractivity contribution in [3.63, 3.8) is 0 Å². The van der Waals surface area contributed by atoms with Crippen LogP contribution in [0.2, 0.25) is 0 Å². The number of ether oxygens (including phenoxy) is 1. The Hall–Kier alpha value is -1.94. The molecule has 0 spiro atoms. The Bertz CT molecular complexity index is 743. The molecular weight excluding hydrogens is 342 g/mol.